The average Bonchev–Trinajstić information content (AvgIpc) is 2.44. The Labute approximate surface area is 115 Å². The van der Waals surface area contributed by atoms with Crippen LogP contribution in [0, 0.1) is 5.82 Å². The number of hydrogen-bond donors (Lipinski definition) is 2. The van der Waals surface area contributed by atoms with Crippen LogP contribution in [0.4, 0.5) is 10.1 Å². The van der Waals surface area contributed by atoms with Gasteiger partial charge in [-0.2, -0.15) is 0 Å². The first kappa shape index (κ1) is 13.9. The van der Waals surface area contributed by atoms with Crippen molar-refractivity contribution in [3.05, 3.63) is 53.8 Å². The molecule has 104 valence electrons. The summed E-state index contributed by atoms with van der Waals surface area (Å²) in [6, 6.07) is 9.67. The summed E-state index contributed by atoms with van der Waals surface area (Å²) in [5.74, 6) is -1.67. The summed E-state index contributed by atoms with van der Waals surface area (Å²) in [6.07, 6.45) is 0. The van der Waals surface area contributed by atoms with E-state index in [2.05, 4.69) is 0 Å². The molecule has 0 spiro atoms. The first-order valence-corrected chi connectivity index (χ1v) is 6.13. The number of phenols is 2. The standard InChI is InChI=1S/C15H14FNO3/c1-2-17(11-8-6-10(16)7-9-11)15(20)12-4-3-5-13(18)14(12)19/h3-9,18-19H,2H2,1H3. The van der Waals surface area contributed by atoms with Gasteiger partial charge in [-0.3, -0.25) is 4.79 Å². The Balaban J connectivity index is 2.39. The minimum absolute atomic E-state index is 0.00354. The summed E-state index contributed by atoms with van der Waals surface area (Å²) in [4.78, 5) is 13.8. The van der Waals surface area contributed by atoms with Crippen LogP contribution in [0.2, 0.25) is 0 Å². The zero-order valence-corrected chi connectivity index (χ0v) is 10.9. The highest BCUT2D eigenvalue weighted by atomic mass is 19.1. The Kier molecular flexibility index (Phi) is 3.89. The summed E-state index contributed by atoms with van der Waals surface area (Å²) in [5, 5.41) is 19.2. The third-order valence-electron chi connectivity index (χ3n) is 2.94. The Hall–Kier alpha value is -2.56. The molecular weight excluding hydrogens is 261 g/mol. The number of para-hydroxylation sites is 1. The van der Waals surface area contributed by atoms with Crippen molar-refractivity contribution in [3.8, 4) is 11.5 Å². The minimum atomic E-state index is -0.465. The van der Waals surface area contributed by atoms with Gasteiger partial charge in [-0.05, 0) is 43.3 Å². The second-order valence-corrected chi connectivity index (χ2v) is 4.20. The van der Waals surface area contributed by atoms with Crippen LogP contribution in [0.5, 0.6) is 11.5 Å². The van der Waals surface area contributed by atoms with Crippen LogP contribution in [0.25, 0.3) is 0 Å². The van der Waals surface area contributed by atoms with E-state index in [9.17, 15) is 19.4 Å². The topological polar surface area (TPSA) is 60.8 Å². The molecule has 0 atom stereocenters. The van der Waals surface area contributed by atoms with Crippen molar-refractivity contribution < 1.29 is 19.4 Å². The van der Waals surface area contributed by atoms with E-state index in [4.69, 9.17) is 0 Å². The molecule has 5 heteroatoms. The molecule has 0 saturated heterocycles. The van der Waals surface area contributed by atoms with Crippen LogP contribution >= 0.6 is 0 Å². The normalized spacial score (nSPS) is 10.3. The van der Waals surface area contributed by atoms with Crippen LogP contribution in [0.1, 0.15) is 17.3 Å². The average molecular weight is 275 g/mol. The first-order chi connectivity index (χ1) is 9.54. The monoisotopic (exact) mass is 275 g/mol. The predicted molar refractivity (Wildman–Crippen MR) is 73.5 cm³/mol. The van der Waals surface area contributed by atoms with Gasteiger partial charge in [0, 0.05) is 12.2 Å². The SMILES string of the molecule is CCN(C(=O)c1cccc(O)c1O)c1ccc(F)cc1. The number of benzene rings is 2. The number of carbonyl (C=O) groups excluding carboxylic acids is 1. The van der Waals surface area contributed by atoms with E-state index >= 15 is 0 Å². The maximum absolute atomic E-state index is 12.9. The molecule has 0 radical (unpaired) electrons. The van der Waals surface area contributed by atoms with Crippen molar-refractivity contribution in [2.45, 2.75) is 6.92 Å². The Bertz CT molecular complexity index is 626. The van der Waals surface area contributed by atoms with Gasteiger partial charge in [-0.25, -0.2) is 4.39 Å². The van der Waals surface area contributed by atoms with Gasteiger partial charge in [0.1, 0.15) is 5.82 Å². The van der Waals surface area contributed by atoms with Crippen molar-refractivity contribution in [1.82, 2.24) is 0 Å². The Morgan fingerprint density at radius 1 is 1.15 bits per heavy atom. The minimum Gasteiger partial charge on any atom is -0.504 e. The first-order valence-electron chi connectivity index (χ1n) is 6.13. The molecule has 0 aliphatic rings. The van der Waals surface area contributed by atoms with E-state index in [0.717, 1.165) is 0 Å². The number of halogens is 1. The molecule has 4 nitrogen and oxygen atoms in total. The van der Waals surface area contributed by atoms with Gasteiger partial charge >= 0.3 is 0 Å². The van der Waals surface area contributed by atoms with Crippen LogP contribution in [0.3, 0.4) is 0 Å². The molecule has 0 aromatic heterocycles. The molecule has 2 aromatic carbocycles. The molecule has 2 rings (SSSR count). The molecule has 0 unspecified atom stereocenters. The van der Waals surface area contributed by atoms with E-state index in [-0.39, 0.29) is 11.3 Å². The van der Waals surface area contributed by atoms with Gasteiger partial charge in [0.05, 0.1) is 5.56 Å². The molecular formula is C15H14FNO3. The second-order valence-electron chi connectivity index (χ2n) is 4.20. The van der Waals surface area contributed by atoms with E-state index in [1.807, 2.05) is 0 Å². The fraction of sp³-hybridized carbons (Fsp3) is 0.133. The maximum atomic E-state index is 12.9. The van der Waals surface area contributed by atoms with Gasteiger partial charge in [-0.15, -0.1) is 0 Å². The Morgan fingerprint density at radius 2 is 1.80 bits per heavy atom. The van der Waals surface area contributed by atoms with E-state index in [1.165, 1.54) is 47.4 Å². The van der Waals surface area contributed by atoms with E-state index in [1.54, 1.807) is 6.92 Å². The van der Waals surface area contributed by atoms with Crippen molar-refractivity contribution in [2.75, 3.05) is 11.4 Å². The summed E-state index contributed by atoms with van der Waals surface area (Å²) in [5.41, 5.74) is 0.512. The number of hydrogen-bond acceptors (Lipinski definition) is 3. The summed E-state index contributed by atoms with van der Waals surface area (Å²) in [6.45, 7) is 2.11. The third-order valence-corrected chi connectivity index (χ3v) is 2.94. The van der Waals surface area contributed by atoms with Crippen molar-refractivity contribution in [3.63, 3.8) is 0 Å². The van der Waals surface area contributed by atoms with Crippen molar-refractivity contribution in [2.24, 2.45) is 0 Å². The molecule has 0 saturated carbocycles. The van der Waals surface area contributed by atoms with E-state index < -0.39 is 17.5 Å². The van der Waals surface area contributed by atoms with Gasteiger partial charge in [-0.1, -0.05) is 6.07 Å². The van der Waals surface area contributed by atoms with Crippen molar-refractivity contribution in [1.29, 1.82) is 0 Å². The molecule has 0 aliphatic heterocycles. The number of carbonyl (C=O) groups is 1. The lowest BCUT2D eigenvalue weighted by atomic mass is 10.1. The fourth-order valence-corrected chi connectivity index (χ4v) is 1.91. The summed E-state index contributed by atoms with van der Waals surface area (Å²) < 4.78 is 12.9. The van der Waals surface area contributed by atoms with Crippen molar-refractivity contribution >= 4 is 11.6 Å². The fourth-order valence-electron chi connectivity index (χ4n) is 1.91. The predicted octanol–water partition coefficient (Wildman–Crippen LogP) is 2.90. The summed E-state index contributed by atoms with van der Waals surface area (Å²) >= 11 is 0. The highest BCUT2D eigenvalue weighted by Gasteiger charge is 2.20. The molecule has 20 heavy (non-hydrogen) atoms. The highest BCUT2D eigenvalue weighted by molar-refractivity contribution is 6.08. The number of aromatic hydroxyl groups is 2. The van der Waals surface area contributed by atoms with Crippen LogP contribution in [-0.2, 0) is 0 Å². The number of rotatable bonds is 3. The van der Waals surface area contributed by atoms with Gasteiger partial charge in [0.2, 0.25) is 0 Å². The zero-order valence-electron chi connectivity index (χ0n) is 10.9. The molecule has 2 aromatic rings. The lowest BCUT2D eigenvalue weighted by molar-refractivity contribution is 0.0985. The third kappa shape index (κ3) is 2.56. The molecule has 0 fully saturated rings. The number of nitrogens with zero attached hydrogens (tertiary/aromatic N) is 1. The van der Waals surface area contributed by atoms with Gasteiger partial charge in [0.15, 0.2) is 11.5 Å². The Morgan fingerprint density at radius 3 is 2.40 bits per heavy atom. The smallest absolute Gasteiger partial charge is 0.262 e. The molecule has 1 amide bonds. The number of phenolic OH excluding ortho intramolecular Hbond substituents is 2. The maximum Gasteiger partial charge on any atom is 0.262 e. The van der Waals surface area contributed by atoms with Crippen LogP contribution in [-0.4, -0.2) is 22.7 Å². The highest BCUT2D eigenvalue weighted by Crippen LogP contribution is 2.30. The molecule has 0 bridgehead atoms. The lowest BCUT2D eigenvalue weighted by Gasteiger charge is -2.21. The lowest BCUT2D eigenvalue weighted by Crippen LogP contribution is -2.30. The van der Waals surface area contributed by atoms with Gasteiger partial charge < -0.3 is 15.1 Å². The molecule has 0 heterocycles. The number of amides is 1. The van der Waals surface area contributed by atoms with E-state index in [0.29, 0.717) is 12.2 Å². The number of anilines is 1. The zero-order chi connectivity index (χ0) is 14.7. The molecule has 2 N–H and O–H groups in total. The quantitative estimate of drug-likeness (QED) is 0.847. The van der Waals surface area contributed by atoms with Crippen LogP contribution < -0.4 is 4.90 Å². The van der Waals surface area contributed by atoms with Gasteiger partial charge in [0.25, 0.3) is 5.91 Å². The second kappa shape index (κ2) is 5.61. The largest absolute Gasteiger partial charge is 0.504 e. The molecule has 0 aliphatic carbocycles. The van der Waals surface area contributed by atoms with Crippen LogP contribution in [0.15, 0.2) is 42.5 Å². The summed E-state index contributed by atoms with van der Waals surface area (Å²) in [7, 11) is 0.